The molecular weight excluding hydrogens is 247 g/mol. The van der Waals surface area contributed by atoms with E-state index in [9.17, 15) is 18.3 Å². The van der Waals surface area contributed by atoms with Crippen LogP contribution in [-0.2, 0) is 5.41 Å². The van der Waals surface area contributed by atoms with E-state index in [4.69, 9.17) is 5.73 Å². The number of ether oxygens (including phenoxy) is 1. The molecule has 0 aliphatic heterocycles. The molecule has 1 aromatic rings. The first-order valence-electron chi connectivity index (χ1n) is 5.59. The molecule has 0 heterocycles. The van der Waals surface area contributed by atoms with Crippen LogP contribution in [0.15, 0.2) is 24.3 Å². The highest BCUT2D eigenvalue weighted by atomic mass is 19.4. The van der Waals surface area contributed by atoms with Crippen molar-refractivity contribution < 1.29 is 23.0 Å². The standard InChI is InChI=1S/C12H14F3NO2/c13-12(14,15)18-10-3-1-2-8(4-10)11(7-16)5-9(17)6-11/h1-4,9,17H,5-7,16H2. The van der Waals surface area contributed by atoms with Crippen LogP contribution in [0.4, 0.5) is 13.2 Å². The van der Waals surface area contributed by atoms with Crippen LogP contribution in [0, 0.1) is 0 Å². The van der Waals surface area contributed by atoms with Crippen LogP contribution in [-0.4, -0.2) is 24.1 Å². The van der Waals surface area contributed by atoms with Crippen molar-refractivity contribution in [3.8, 4) is 5.75 Å². The summed E-state index contributed by atoms with van der Waals surface area (Å²) in [6, 6.07) is 5.79. The number of aliphatic hydroxyl groups is 1. The van der Waals surface area contributed by atoms with Crippen LogP contribution in [0.3, 0.4) is 0 Å². The van der Waals surface area contributed by atoms with Crippen molar-refractivity contribution in [2.45, 2.75) is 30.7 Å². The molecular formula is C12H14F3NO2. The molecule has 0 bridgehead atoms. The lowest BCUT2D eigenvalue weighted by Gasteiger charge is -2.45. The minimum absolute atomic E-state index is 0.255. The summed E-state index contributed by atoms with van der Waals surface area (Å²) in [4.78, 5) is 0. The highest BCUT2D eigenvalue weighted by Crippen LogP contribution is 2.44. The Morgan fingerprint density at radius 1 is 1.39 bits per heavy atom. The van der Waals surface area contributed by atoms with Gasteiger partial charge in [-0.25, -0.2) is 0 Å². The predicted molar refractivity (Wildman–Crippen MR) is 59.1 cm³/mol. The van der Waals surface area contributed by atoms with Gasteiger partial charge in [-0.05, 0) is 30.5 Å². The Kier molecular flexibility index (Phi) is 3.25. The highest BCUT2D eigenvalue weighted by Gasteiger charge is 2.44. The summed E-state index contributed by atoms with van der Waals surface area (Å²) in [5.41, 5.74) is 5.92. The second kappa shape index (κ2) is 4.44. The molecule has 2 rings (SSSR count). The summed E-state index contributed by atoms with van der Waals surface area (Å²) in [6.07, 6.45) is -4.19. The van der Waals surface area contributed by atoms with Gasteiger partial charge in [0.25, 0.3) is 0 Å². The molecule has 1 aliphatic rings. The van der Waals surface area contributed by atoms with Crippen LogP contribution in [0.5, 0.6) is 5.75 Å². The van der Waals surface area contributed by atoms with Crippen molar-refractivity contribution in [3.05, 3.63) is 29.8 Å². The van der Waals surface area contributed by atoms with Crippen LogP contribution in [0.25, 0.3) is 0 Å². The van der Waals surface area contributed by atoms with Gasteiger partial charge in [0.05, 0.1) is 6.10 Å². The molecule has 0 saturated heterocycles. The summed E-state index contributed by atoms with van der Waals surface area (Å²) in [5, 5.41) is 9.36. The molecule has 0 atom stereocenters. The fourth-order valence-electron chi connectivity index (χ4n) is 2.39. The first kappa shape index (κ1) is 13.2. The molecule has 0 aromatic heterocycles. The molecule has 0 unspecified atom stereocenters. The number of nitrogens with two attached hydrogens (primary N) is 1. The fourth-order valence-corrected chi connectivity index (χ4v) is 2.39. The number of benzene rings is 1. The van der Waals surface area contributed by atoms with E-state index in [1.54, 1.807) is 6.07 Å². The molecule has 1 aromatic carbocycles. The Bertz CT molecular complexity index is 428. The molecule has 18 heavy (non-hydrogen) atoms. The van der Waals surface area contributed by atoms with Gasteiger partial charge in [-0.15, -0.1) is 13.2 Å². The van der Waals surface area contributed by atoms with Crippen molar-refractivity contribution in [2.24, 2.45) is 5.73 Å². The van der Waals surface area contributed by atoms with Crippen molar-refractivity contribution in [1.29, 1.82) is 0 Å². The van der Waals surface area contributed by atoms with Gasteiger partial charge in [0.1, 0.15) is 5.75 Å². The van der Waals surface area contributed by atoms with Gasteiger partial charge in [0, 0.05) is 12.0 Å². The van der Waals surface area contributed by atoms with E-state index < -0.39 is 17.9 Å². The van der Waals surface area contributed by atoms with Crippen molar-refractivity contribution in [2.75, 3.05) is 6.54 Å². The maximum absolute atomic E-state index is 12.1. The van der Waals surface area contributed by atoms with E-state index in [1.807, 2.05) is 0 Å². The minimum atomic E-state index is -4.70. The maximum Gasteiger partial charge on any atom is 0.573 e. The third kappa shape index (κ3) is 2.59. The van der Waals surface area contributed by atoms with Crippen molar-refractivity contribution >= 4 is 0 Å². The molecule has 1 fully saturated rings. The van der Waals surface area contributed by atoms with Crippen molar-refractivity contribution in [1.82, 2.24) is 0 Å². The first-order chi connectivity index (χ1) is 8.35. The Labute approximate surface area is 102 Å². The lowest BCUT2D eigenvalue weighted by Crippen LogP contribution is -2.49. The zero-order valence-electron chi connectivity index (χ0n) is 9.57. The van der Waals surface area contributed by atoms with Crippen LogP contribution in [0.2, 0.25) is 0 Å². The van der Waals surface area contributed by atoms with Gasteiger partial charge in [-0.1, -0.05) is 12.1 Å². The van der Waals surface area contributed by atoms with E-state index in [1.165, 1.54) is 18.2 Å². The lowest BCUT2D eigenvalue weighted by atomic mass is 9.63. The number of halogens is 3. The molecule has 3 N–H and O–H groups in total. The second-order valence-corrected chi connectivity index (χ2v) is 4.62. The minimum Gasteiger partial charge on any atom is -0.406 e. The zero-order chi connectivity index (χ0) is 13.4. The number of hydrogen-bond acceptors (Lipinski definition) is 3. The molecule has 0 amide bonds. The van der Waals surface area contributed by atoms with Gasteiger partial charge >= 0.3 is 6.36 Å². The van der Waals surface area contributed by atoms with Gasteiger partial charge in [0.15, 0.2) is 0 Å². The number of aliphatic hydroxyl groups excluding tert-OH is 1. The molecule has 6 heteroatoms. The summed E-state index contributed by atoms with van der Waals surface area (Å²) in [7, 11) is 0. The number of hydrogen-bond donors (Lipinski definition) is 2. The Morgan fingerprint density at radius 2 is 2.06 bits per heavy atom. The molecule has 1 aliphatic carbocycles. The Hall–Kier alpha value is -1.27. The predicted octanol–water partition coefficient (Wildman–Crippen LogP) is 1.94. The fraction of sp³-hybridized carbons (Fsp3) is 0.500. The molecule has 0 radical (unpaired) electrons. The monoisotopic (exact) mass is 261 g/mol. The zero-order valence-corrected chi connectivity index (χ0v) is 9.57. The molecule has 1 saturated carbocycles. The highest BCUT2D eigenvalue weighted by molar-refractivity contribution is 5.36. The van der Waals surface area contributed by atoms with Crippen LogP contribution < -0.4 is 10.5 Å². The van der Waals surface area contributed by atoms with E-state index in [2.05, 4.69) is 4.74 Å². The Balaban J connectivity index is 2.22. The average Bonchev–Trinajstić information content (AvgIpc) is 2.22. The summed E-state index contributed by atoms with van der Waals surface area (Å²) in [6.45, 7) is 0.291. The second-order valence-electron chi connectivity index (χ2n) is 4.62. The van der Waals surface area contributed by atoms with E-state index >= 15 is 0 Å². The van der Waals surface area contributed by atoms with Gasteiger partial charge < -0.3 is 15.6 Å². The third-order valence-corrected chi connectivity index (χ3v) is 3.32. The van der Waals surface area contributed by atoms with Crippen molar-refractivity contribution in [3.63, 3.8) is 0 Å². The van der Waals surface area contributed by atoms with Gasteiger partial charge in [0.2, 0.25) is 0 Å². The first-order valence-corrected chi connectivity index (χ1v) is 5.59. The maximum atomic E-state index is 12.1. The SMILES string of the molecule is NCC1(c2cccc(OC(F)(F)F)c2)CC(O)C1. The van der Waals surface area contributed by atoms with E-state index in [-0.39, 0.29) is 5.75 Å². The van der Waals surface area contributed by atoms with E-state index in [0.29, 0.717) is 24.9 Å². The quantitative estimate of drug-likeness (QED) is 0.874. The summed E-state index contributed by atoms with van der Waals surface area (Å²) < 4.78 is 40.2. The largest absolute Gasteiger partial charge is 0.573 e. The normalized spacial score (nSPS) is 27.7. The smallest absolute Gasteiger partial charge is 0.406 e. The number of alkyl halides is 3. The van der Waals surface area contributed by atoms with Crippen LogP contribution in [0.1, 0.15) is 18.4 Å². The van der Waals surface area contributed by atoms with E-state index in [0.717, 1.165) is 0 Å². The topological polar surface area (TPSA) is 55.5 Å². The summed E-state index contributed by atoms with van der Waals surface area (Å²) >= 11 is 0. The number of rotatable bonds is 3. The molecule has 0 spiro atoms. The molecule has 100 valence electrons. The summed E-state index contributed by atoms with van der Waals surface area (Å²) in [5.74, 6) is -0.255. The van der Waals surface area contributed by atoms with Crippen LogP contribution >= 0.6 is 0 Å². The Morgan fingerprint density at radius 3 is 2.56 bits per heavy atom. The van der Waals surface area contributed by atoms with Gasteiger partial charge in [-0.3, -0.25) is 0 Å². The third-order valence-electron chi connectivity index (χ3n) is 3.32. The lowest BCUT2D eigenvalue weighted by molar-refractivity contribution is -0.274. The van der Waals surface area contributed by atoms with Gasteiger partial charge in [-0.2, -0.15) is 0 Å². The average molecular weight is 261 g/mol. The molecule has 3 nitrogen and oxygen atoms in total.